The first-order chi connectivity index (χ1) is 9.65. The van der Waals surface area contributed by atoms with Gasteiger partial charge >= 0.3 is 0 Å². The molecule has 1 amide bonds. The van der Waals surface area contributed by atoms with Crippen LogP contribution in [-0.2, 0) is 9.53 Å². The molecule has 0 aliphatic carbocycles. The van der Waals surface area contributed by atoms with Crippen LogP contribution < -0.4 is 9.47 Å². The van der Waals surface area contributed by atoms with E-state index in [-0.39, 0.29) is 18.1 Å². The van der Waals surface area contributed by atoms with E-state index in [4.69, 9.17) is 14.2 Å². The Kier molecular flexibility index (Phi) is 4.84. The highest BCUT2D eigenvalue weighted by Crippen LogP contribution is 2.28. The van der Waals surface area contributed by atoms with E-state index in [0.29, 0.717) is 31.2 Å². The van der Waals surface area contributed by atoms with Crippen LogP contribution in [0.1, 0.15) is 13.8 Å². The zero-order chi connectivity index (χ0) is 14.5. The monoisotopic (exact) mass is 279 g/mol. The van der Waals surface area contributed by atoms with Crippen molar-refractivity contribution >= 4 is 5.91 Å². The van der Waals surface area contributed by atoms with Gasteiger partial charge in [0.15, 0.2) is 11.5 Å². The minimum atomic E-state index is -0.382. The third kappa shape index (κ3) is 3.22. The molecule has 0 N–H and O–H groups in total. The first-order valence-corrected chi connectivity index (χ1v) is 6.85. The second kappa shape index (κ2) is 6.61. The third-order valence-corrected chi connectivity index (χ3v) is 3.29. The molecule has 1 aromatic carbocycles. The predicted octanol–water partition coefficient (Wildman–Crippen LogP) is 1.71. The molecular formula is C15H21NO4. The van der Waals surface area contributed by atoms with Crippen LogP contribution >= 0.6 is 0 Å². The minimum absolute atomic E-state index is 0.0177. The van der Waals surface area contributed by atoms with Crippen molar-refractivity contribution < 1.29 is 19.0 Å². The summed E-state index contributed by atoms with van der Waals surface area (Å²) in [6.07, 6.45) is -0.365. The molecule has 1 atom stereocenters. The predicted molar refractivity (Wildman–Crippen MR) is 75.1 cm³/mol. The maximum atomic E-state index is 12.0. The molecule has 20 heavy (non-hydrogen) atoms. The maximum Gasteiger partial charge on any atom is 0.251 e. The van der Waals surface area contributed by atoms with E-state index in [9.17, 15) is 4.79 Å². The largest absolute Gasteiger partial charge is 0.493 e. The zero-order valence-electron chi connectivity index (χ0n) is 12.2. The number of hydrogen-bond acceptors (Lipinski definition) is 4. The Morgan fingerprint density at radius 3 is 2.60 bits per heavy atom. The molecule has 0 bridgehead atoms. The highest BCUT2D eigenvalue weighted by molar-refractivity contribution is 5.81. The molecule has 5 nitrogen and oxygen atoms in total. The van der Waals surface area contributed by atoms with Gasteiger partial charge in [-0.25, -0.2) is 0 Å². The summed E-state index contributed by atoms with van der Waals surface area (Å²) in [4.78, 5) is 13.7. The average molecular weight is 279 g/mol. The molecule has 1 heterocycles. The summed E-state index contributed by atoms with van der Waals surface area (Å²) >= 11 is 0. The lowest BCUT2D eigenvalue weighted by Crippen LogP contribution is -2.58. The molecule has 0 unspecified atom stereocenters. The van der Waals surface area contributed by atoms with Gasteiger partial charge in [0, 0.05) is 6.61 Å². The Morgan fingerprint density at radius 2 is 2.00 bits per heavy atom. The van der Waals surface area contributed by atoms with Gasteiger partial charge < -0.3 is 19.1 Å². The van der Waals surface area contributed by atoms with E-state index >= 15 is 0 Å². The number of hydrogen-bond donors (Lipinski definition) is 0. The first kappa shape index (κ1) is 14.7. The summed E-state index contributed by atoms with van der Waals surface area (Å²) in [5.41, 5.74) is 0. The summed E-state index contributed by atoms with van der Waals surface area (Å²) in [5, 5.41) is 0. The molecule has 110 valence electrons. The van der Waals surface area contributed by atoms with E-state index in [1.54, 1.807) is 18.9 Å². The van der Waals surface area contributed by atoms with Gasteiger partial charge in [-0.2, -0.15) is 0 Å². The molecule has 0 spiro atoms. The fraction of sp³-hybridized carbons (Fsp3) is 0.533. The molecule has 0 aromatic heterocycles. The van der Waals surface area contributed by atoms with Gasteiger partial charge in [-0.15, -0.1) is 0 Å². The average Bonchev–Trinajstić information content (AvgIpc) is 2.42. The molecule has 1 aliphatic heterocycles. The number of para-hydroxylation sites is 2. The van der Waals surface area contributed by atoms with Crippen LogP contribution in [0.3, 0.4) is 0 Å². The molecule has 1 fully saturated rings. The van der Waals surface area contributed by atoms with Gasteiger partial charge in [-0.1, -0.05) is 12.1 Å². The van der Waals surface area contributed by atoms with Gasteiger partial charge in [0.25, 0.3) is 5.91 Å². The summed E-state index contributed by atoms with van der Waals surface area (Å²) in [6, 6.07) is 7.52. The zero-order valence-corrected chi connectivity index (χ0v) is 12.2. The van der Waals surface area contributed by atoms with Crippen LogP contribution in [-0.4, -0.2) is 49.8 Å². The van der Waals surface area contributed by atoms with Crippen LogP contribution in [0.5, 0.6) is 11.5 Å². The fourth-order valence-corrected chi connectivity index (χ4v) is 2.17. The van der Waals surface area contributed by atoms with Crippen LogP contribution in [0.4, 0.5) is 0 Å². The topological polar surface area (TPSA) is 48.0 Å². The summed E-state index contributed by atoms with van der Waals surface area (Å²) in [6.45, 7) is 5.39. The summed E-state index contributed by atoms with van der Waals surface area (Å²) in [7, 11) is 1.61. The van der Waals surface area contributed by atoms with E-state index in [1.165, 1.54) is 0 Å². The molecule has 0 saturated carbocycles. The second-order valence-electron chi connectivity index (χ2n) is 4.73. The Morgan fingerprint density at radius 1 is 1.35 bits per heavy atom. The maximum absolute atomic E-state index is 12.0. The molecule has 1 aliphatic rings. The van der Waals surface area contributed by atoms with Gasteiger partial charge in [0.1, 0.15) is 12.2 Å². The highest BCUT2D eigenvalue weighted by atomic mass is 16.5. The Balaban J connectivity index is 1.83. The Bertz CT molecular complexity index is 457. The number of rotatable bonds is 6. The van der Waals surface area contributed by atoms with Crippen molar-refractivity contribution in [2.75, 3.05) is 26.8 Å². The second-order valence-corrected chi connectivity index (χ2v) is 4.73. The smallest absolute Gasteiger partial charge is 0.251 e. The van der Waals surface area contributed by atoms with Crippen molar-refractivity contribution in [1.29, 1.82) is 0 Å². The number of carbonyl (C=O) groups excluding carboxylic acids is 1. The van der Waals surface area contributed by atoms with Crippen molar-refractivity contribution in [3.63, 3.8) is 0 Å². The van der Waals surface area contributed by atoms with Gasteiger partial charge in [0.05, 0.1) is 20.2 Å². The number of amides is 1. The number of nitrogens with zero attached hydrogens (tertiary/aromatic N) is 1. The van der Waals surface area contributed by atoms with E-state index in [1.807, 2.05) is 31.2 Å². The molecule has 2 rings (SSSR count). The van der Waals surface area contributed by atoms with E-state index in [0.717, 1.165) is 0 Å². The first-order valence-electron chi connectivity index (χ1n) is 6.85. The SMILES string of the molecule is CCO[C@H](C)C(=O)N1CC(Oc2ccccc2OC)C1. The number of carbonyl (C=O) groups is 1. The van der Waals surface area contributed by atoms with Gasteiger partial charge in [0.2, 0.25) is 0 Å². The quantitative estimate of drug-likeness (QED) is 0.795. The van der Waals surface area contributed by atoms with Crippen molar-refractivity contribution in [2.45, 2.75) is 26.1 Å². The Hall–Kier alpha value is -1.75. The molecular weight excluding hydrogens is 258 g/mol. The molecule has 1 aromatic rings. The van der Waals surface area contributed by atoms with Crippen LogP contribution in [0, 0.1) is 0 Å². The van der Waals surface area contributed by atoms with E-state index < -0.39 is 0 Å². The standard InChI is InChI=1S/C15H21NO4/c1-4-19-11(2)15(17)16-9-12(10-16)20-14-8-6-5-7-13(14)18-3/h5-8,11-12H,4,9-10H2,1-3H3/t11-/m1/s1. The van der Waals surface area contributed by atoms with Crippen molar-refractivity contribution in [2.24, 2.45) is 0 Å². The van der Waals surface area contributed by atoms with Gasteiger partial charge in [-0.3, -0.25) is 4.79 Å². The normalized spacial score (nSPS) is 16.4. The number of ether oxygens (including phenoxy) is 3. The van der Waals surface area contributed by atoms with E-state index in [2.05, 4.69) is 0 Å². The van der Waals surface area contributed by atoms with Crippen LogP contribution in [0.15, 0.2) is 24.3 Å². The fourth-order valence-electron chi connectivity index (χ4n) is 2.17. The van der Waals surface area contributed by atoms with Gasteiger partial charge in [-0.05, 0) is 26.0 Å². The third-order valence-electron chi connectivity index (χ3n) is 3.29. The highest BCUT2D eigenvalue weighted by Gasteiger charge is 2.35. The minimum Gasteiger partial charge on any atom is -0.493 e. The summed E-state index contributed by atoms with van der Waals surface area (Å²) in [5.74, 6) is 1.44. The molecule has 0 radical (unpaired) electrons. The van der Waals surface area contributed by atoms with Crippen molar-refractivity contribution in [3.05, 3.63) is 24.3 Å². The lowest BCUT2D eigenvalue weighted by atomic mass is 10.1. The lowest BCUT2D eigenvalue weighted by Gasteiger charge is -2.40. The molecule has 5 heteroatoms. The number of likely N-dealkylation sites (tertiary alicyclic amines) is 1. The number of benzene rings is 1. The van der Waals surface area contributed by atoms with Crippen LogP contribution in [0.25, 0.3) is 0 Å². The van der Waals surface area contributed by atoms with Crippen molar-refractivity contribution in [3.8, 4) is 11.5 Å². The lowest BCUT2D eigenvalue weighted by molar-refractivity contribution is -0.151. The Labute approximate surface area is 119 Å². The van der Waals surface area contributed by atoms with Crippen LogP contribution in [0.2, 0.25) is 0 Å². The molecule has 1 saturated heterocycles. The summed E-state index contributed by atoms with van der Waals surface area (Å²) < 4.78 is 16.4. The number of methoxy groups -OCH3 is 1. The van der Waals surface area contributed by atoms with Crippen molar-refractivity contribution in [1.82, 2.24) is 4.90 Å².